The molecule has 11 heteroatoms. The molecule has 0 aromatic heterocycles. The largest absolute Gasteiger partial charge is 0.467 e. The Bertz CT molecular complexity index is 816. The fourth-order valence-electron chi connectivity index (χ4n) is 3.93. The molecule has 1 aromatic carbocycles. The first-order valence-electron chi connectivity index (χ1n) is 11.1. The van der Waals surface area contributed by atoms with Gasteiger partial charge in [-0.3, -0.25) is 0 Å². The van der Waals surface area contributed by atoms with Crippen molar-refractivity contribution in [3.8, 4) is 0 Å². The molecular formula is C23H34N2O9. The molecule has 0 bridgehead atoms. The molecule has 1 amide bonds. The molecule has 7 atom stereocenters. The fourth-order valence-corrected chi connectivity index (χ4v) is 3.93. The number of methoxy groups -OCH3 is 2. The zero-order valence-electron chi connectivity index (χ0n) is 20.1. The van der Waals surface area contributed by atoms with Crippen molar-refractivity contribution < 1.29 is 42.7 Å². The Hall–Kier alpha value is -2.28. The molecular weight excluding hydrogens is 448 g/mol. The van der Waals surface area contributed by atoms with E-state index in [9.17, 15) is 9.59 Å². The summed E-state index contributed by atoms with van der Waals surface area (Å²) in [5, 5.41) is 2.53. The Morgan fingerprint density at radius 3 is 2.50 bits per heavy atom. The van der Waals surface area contributed by atoms with Crippen LogP contribution in [0.15, 0.2) is 30.3 Å². The number of amides is 1. The van der Waals surface area contributed by atoms with Crippen LogP contribution in [0.1, 0.15) is 32.6 Å². The molecule has 2 fully saturated rings. The van der Waals surface area contributed by atoms with Gasteiger partial charge in [-0.1, -0.05) is 30.3 Å². The molecule has 2 saturated heterocycles. The smallest absolute Gasteiger partial charge is 0.408 e. The second-order valence-electron chi connectivity index (χ2n) is 9.08. The lowest BCUT2D eigenvalue weighted by atomic mass is 9.89. The highest BCUT2D eigenvalue weighted by Crippen LogP contribution is 2.35. The van der Waals surface area contributed by atoms with Crippen LogP contribution in [0, 0.1) is 0 Å². The number of ether oxygens (including phenoxy) is 7. The zero-order chi connectivity index (χ0) is 24.9. The van der Waals surface area contributed by atoms with Gasteiger partial charge in [0, 0.05) is 12.7 Å². The van der Waals surface area contributed by atoms with Gasteiger partial charge in [0.15, 0.2) is 12.3 Å². The third-order valence-electron chi connectivity index (χ3n) is 5.38. The number of carbonyl (C=O) groups excluding carboxylic acids is 2. The highest BCUT2D eigenvalue weighted by atomic mass is 16.7. The maximum atomic E-state index is 12.7. The van der Waals surface area contributed by atoms with E-state index in [0.717, 1.165) is 5.56 Å². The quantitative estimate of drug-likeness (QED) is 0.431. The maximum absolute atomic E-state index is 12.7. The van der Waals surface area contributed by atoms with Crippen molar-refractivity contribution in [2.75, 3.05) is 27.6 Å². The predicted molar refractivity (Wildman–Crippen MR) is 119 cm³/mol. The van der Waals surface area contributed by atoms with E-state index in [1.54, 1.807) is 20.8 Å². The minimum atomic E-state index is -1.26. The van der Waals surface area contributed by atoms with Gasteiger partial charge < -0.3 is 44.2 Å². The average molecular weight is 483 g/mol. The summed E-state index contributed by atoms with van der Waals surface area (Å²) in [7, 11) is 2.67. The Morgan fingerprint density at radius 1 is 1.18 bits per heavy atom. The summed E-state index contributed by atoms with van der Waals surface area (Å²) in [6, 6.07) is 7.45. The number of rotatable bonds is 7. The first-order valence-corrected chi connectivity index (χ1v) is 11.1. The highest BCUT2D eigenvalue weighted by Gasteiger charge is 2.53. The van der Waals surface area contributed by atoms with E-state index in [1.807, 2.05) is 30.3 Å². The molecule has 0 radical (unpaired) electrons. The van der Waals surface area contributed by atoms with Crippen molar-refractivity contribution in [1.82, 2.24) is 5.32 Å². The second kappa shape index (κ2) is 11.4. The van der Waals surface area contributed by atoms with E-state index in [1.165, 1.54) is 14.2 Å². The van der Waals surface area contributed by atoms with Gasteiger partial charge in [0.25, 0.3) is 0 Å². The van der Waals surface area contributed by atoms with Crippen molar-refractivity contribution in [2.45, 2.75) is 69.2 Å². The van der Waals surface area contributed by atoms with E-state index in [4.69, 9.17) is 38.9 Å². The lowest BCUT2D eigenvalue weighted by molar-refractivity contribution is -0.316. The van der Waals surface area contributed by atoms with Gasteiger partial charge in [-0.25, -0.2) is 9.59 Å². The fraction of sp³-hybridized carbons (Fsp3) is 0.652. The minimum absolute atomic E-state index is 0.117. The van der Waals surface area contributed by atoms with Gasteiger partial charge in [-0.15, -0.1) is 0 Å². The number of nitrogens with two attached hydrogens (primary N) is 1. The van der Waals surface area contributed by atoms with E-state index in [-0.39, 0.29) is 13.4 Å². The van der Waals surface area contributed by atoms with Crippen molar-refractivity contribution in [3.63, 3.8) is 0 Å². The number of hydrogen-bond donors (Lipinski definition) is 2. The topological polar surface area (TPSA) is 137 Å². The summed E-state index contributed by atoms with van der Waals surface area (Å²) in [5.41, 5.74) is 6.64. The van der Waals surface area contributed by atoms with Gasteiger partial charge in [0.2, 0.25) is 0 Å². The van der Waals surface area contributed by atoms with Crippen LogP contribution in [0.4, 0.5) is 4.79 Å². The normalized spacial score (nSPS) is 30.1. The molecule has 2 heterocycles. The SMILES string of the molecule is COCO[C@@H]1[C@H](N)[C@@H]2O[C@H](c3ccccc3)OC[C@H]2O[C@H]1[C@@H](NC(=O)OC(C)(C)C)C(=O)OC. The Morgan fingerprint density at radius 2 is 1.88 bits per heavy atom. The molecule has 190 valence electrons. The Kier molecular flexibility index (Phi) is 8.85. The van der Waals surface area contributed by atoms with E-state index in [0.29, 0.717) is 0 Å². The number of hydrogen-bond acceptors (Lipinski definition) is 10. The zero-order valence-corrected chi connectivity index (χ0v) is 20.1. The van der Waals surface area contributed by atoms with Gasteiger partial charge in [0.05, 0.1) is 19.8 Å². The number of nitrogens with one attached hydrogen (secondary N) is 1. The third-order valence-corrected chi connectivity index (χ3v) is 5.38. The first kappa shape index (κ1) is 26.3. The van der Waals surface area contributed by atoms with Gasteiger partial charge >= 0.3 is 12.1 Å². The van der Waals surface area contributed by atoms with Gasteiger partial charge in [-0.05, 0) is 20.8 Å². The summed E-state index contributed by atoms with van der Waals surface area (Å²) in [6.45, 7) is 5.17. The lowest BCUT2D eigenvalue weighted by Gasteiger charge is -2.49. The average Bonchev–Trinajstić information content (AvgIpc) is 2.80. The molecule has 3 N–H and O–H groups in total. The monoisotopic (exact) mass is 482 g/mol. The number of esters is 1. The predicted octanol–water partition coefficient (Wildman–Crippen LogP) is 1.25. The van der Waals surface area contributed by atoms with Crippen LogP contribution in [0.5, 0.6) is 0 Å². The summed E-state index contributed by atoms with van der Waals surface area (Å²) < 4.78 is 39.3. The van der Waals surface area contributed by atoms with Gasteiger partial charge in [0.1, 0.15) is 36.8 Å². The summed E-state index contributed by atoms with van der Waals surface area (Å²) in [5.74, 6) is -0.743. The molecule has 0 saturated carbocycles. The molecule has 0 spiro atoms. The molecule has 0 aliphatic carbocycles. The van der Waals surface area contributed by atoms with E-state index in [2.05, 4.69) is 5.32 Å². The van der Waals surface area contributed by atoms with E-state index < -0.39 is 60.5 Å². The lowest BCUT2D eigenvalue weighted by Crippen LogP contribution is -2.70. The molecule has 1 aromatic rings. The number of carbonyl (C=O) groups is 2. The van der Waals surface area contributed by atoms with Crippen molar-refractivity contribution in [3.05, 3.63) is 35.9 Å². The maximum Gasteiger partial charge on any atom is 0.408 e. The third kappa shape index (κ3) is 6.44. The van der Waals surface area contributed by atoms with Gasteiger partial charge in [-0.2, -0.15) is 0 Å². The summed E-state index contributed by atoms with van der Waals surface area (Å²) >= 11 is 0. The molecule has 2 aliphatic heterocycles. The molecule has 0 unspecified atom stereocenters. The summed E-state index contributed by atoms with van der Waals surface area (Å²) in [4.78, 5) is 25.1. The highest BCUT2D eigenvalue weighted by molar-refractivity contribution is 5.82. The standard InChI is InChI=1S/C23H34N2O9/c1-23(2,3)34-22(27)25-16(20(26)29-5)19-18(31-12-28-4)15(24)17-14(32-19)11-30-21(33-17)13-9-7-6-8-10-13/h6-10,14-19,21H,11-12,24H2,1-5H3,(H,25,27)/t14-,15-,16-,17-,18-,19+,21-/m1/s1. The Balaban J connectivity index is 1.83. The minimum Gasteiger partial charge on any atom is -0.467 e. The van der Waals surface area contributed by atoms with Crippen LogP contribution < -0.4 is 11.1 Å². The molecule has 2 aliphatic rings. The number of benzene rings is 1. The number of alkyl carbamates (subject to hydrolysis) is 1. The van der Waals surface area contributed by atoms with E-state index >= 15 is 0 Å². The molecule has 34 heavy (non-hydrogen) atoms. The van der Waals surface area contributed by atoms with Crippen molar-refractivity contribution in [2.24, 2.45) is 5.73 Å². The Labute approximate surface area is 199 Å². The van der Waals surface area contributed by atoms with Crippen LogP contribution in [-0.4, -0.2) is 81.8 Å². The van der Waals surface area contributed by atoms with Crippen LogP contribution >= 0.6 is 0 Å². The van der Waals surface area contributed by atoms with Crippen LogP contribution in [0.2, 0.25) is 0 Å². The summed E-state index contributed by atoms with van der Waals surface area (Å²) in [6.07, 6.45) is -4.56. The van der Waals surface area contributed by atoms with Crippen molar-refractivity contribution in [1.29, 1.82) is 0 Å². The molecule has 3 rings (SSSR count). The van der Waals surface area contributed by atoms with Crippen LogP contribution in [0.25, 0.3) is 0 Å². The molecule has 11 nitrogen and oxygen atoms in total. The number of fused-ring (bicyclic) bond motifs is 1. The first-order chi connectivity index (χ1) is 16.1. The van der Waals surface area contributed by atoms with Crippen LogP contribution in [-0.2, 0) is 38.0 Å². The van der Waals surface area contributed by atoms with Crippen molar-refractivity contribution >= 4 is 12.1 Å². The van der Waals surface area contributed by atoms with Crippen LogP contribution in [0.3, 0.4) is 0 Å². The second-order valence-corrected chi connectivity index (χ2v) is 9.08.